The van der Waals surface area contributed by atoms with Crippen molar-refractivity contribution in [3.8, 4) is 22.8 Å². The zero-order valence-corrected chi connectivity index (χ0v) is 25.3. The van der Waals surface area contributed by atoms with Gasteiger partial charge in [0.15, 0.2) is 22.2 Å². The third-order valence-corrected chi connectivity index (χ3v) is 8.16. The maximum absolute atomic E-state index is 14.1. The number of hydrogen-bond donors (Lipinski definition) is 2. The number of methoxy groups -OCH3 is 2. The minimum Gasteiger partial charge on any atom is -0.493 e. The molecule has 0 saturated heterocycles. The number of esters is 2. The van der Waals surface area contributed by atoms with Crippen molar-refractivity contribution in [1.29, 1.82) is 0 Å². The average molecular weight is 580 g/mol. The van der Waals surface area contributed by atoms with Gasteiger partial charge in [-0.2, -0.15) is 0 Å². The molecule has 3 unspecified atom stereocenters. The quantitative estimate of drug-likeness (QED) is 0.303. The molecule has 1 aliphatic rings. The summed E-state index contributed by atoms with van der Waals surface area (Å²) < 4.78 is 22.1. The van der Waals surface area contributed by atoms with Crippen LogP contribution in [0.1, 0.15) is 44.1 Å². The number of carbonyl (C=O) groups is 2. The van der Waals surface area contributed by atoms with Gasteiger partial charge in [0, 0.05) is 16.1 Å². The molecule has 2 aromatic carbocycles. The summed E-state index contributed by atoms with van der Waals surface area (Å²) in [4.78, 5) is 33.4. The van der Waals surface area contributed by atoms with Crippen LogP contribution in [0.15, 0.2) is 59.8 Å². The maximum atomic E-state index is 14.1. The highest BCUT2D eigenvalue weighted by atomic mass is 32.1. The first kappa shape index (κ1) is 29.9. The smallest absolute Gasteiger partial charge is 0.336 e. The van der Waals surface area contributed by atoms with Crippen LogP contribution in [0.5, 0.6) is 11.5 Å². The molecule has 2 heterocycles. The van der Waals surface area contributed by atoms with Crippen LogP contribution >= 0.6 is 11.3 Å². The van der Waals surface area contributed by atoms with Crippen molar-refractivity contribution in [3.05, 3.63) is 70.2 Å². The number of ether oxygens (including phenoxy) is 4. The van der Waals surface area contributed by atoms with E-state index in [0.717, 1.165) is 21.7 Å². The van der Waals surface area contributed by atoms with Crippen LogP contribution < -0.4 is 20.1 Å². The first-order chi connectivity index (χ1) is 19.7. The van der Waals surface area contributed by atoms with E-state index >= 15 is 0 Å². The Bertz CT molecular complexity index is 1440. The first-order valence-corrected chi connectivity index (χ1v) is 14.4. The lowest BCUT2D eigenvalue weighted by Gasteiger charge is -2.48. The first-order valence-electron chi connectivity index (χ1n) is 13.6. The summed E-state index contributed by atoms with van der Waals surface area (Å²) in [6.07, 6.45) is 0. The summed E-state index contributed by atoms with van der Waals surface area (Å²) >= 11 is 1.42. The number of benzene rings is 2. The van der Waals surface area contributed by atoms with Gasteiger partial charge in [0.05, 0.1) is 50.7 Å². The normalized spacial score (nSPS) is 20.2. The Morgan fingerprint density at radius 2 is 1.68 bits per heavy atom. The molecule has 0 fully saturated rings. The van der Waals surface area contributed by atoms with Crippen LogP contribution in [0.4, 0.5) is 5.13 Å². The van der Waals surface area contributed by atoms with Gasteiger partial charge in [0.25, 0.3) is 0 Å². The minimum absolute atomic E-state index is 0.168. The number of carbonyl (C=O) groups excluding carboxylic acids is 2. The fourth-order valence-corrected chi connectivity index (χ4v) is 6.33. The topological polar surface area (TPSA) is 108 Å². The molecule has 0 spiro atoms. The lowest BCUT2D eigenvalue weighted by molar-refractivity contribution is -0.151. The third kappa shape index (κ3) is 5.61. The summed E-state index contributed by atoms with van der Waals surface area (Å²) in [5.74, 6) is -0.514. The van der Waals surface area contributed by atoms with E-state index in [4.69, 9.17) is 23.9 Å². The molecule has 41 heavy (non-hydrogen) atoms. The van der Waals surface area contributed by atoms with E-state index in [1.54, 1.807) is 28.1 Å². The molecule has 1 aliphatic heterocycles. The van der Waals surface area contributed by atoms with Crippen molar-refractivity contribution in [2.75, 3.05) is 32.8 Å². The molecule has 0 bridgehead atoms. The van der Waals surface area contributed by atoms with Gasteiger partial charge < -0.3 is 29.6 Å². The summed E-state index contributed by atoms with van der Waals surface area (Å²) in [6, 6.07) is 14.6. The lowest BCUT2D eigenvalue weighted by atomic mass is 9.68. The Kier molecular flexibility index (Phi) is 9.22. The Labute approximate surface area is 244 Å². The second-order valence-corrected chi connectivity index (χ2v) is 10.9. The molecule has 4 rings (SSSR count). The minimum atomic E-state index is -1.43. The SMILES string of the molecule is CCOC(=O)C1=C(C)NC(C)C(Nc2nc(-c3ccc(OC)c(OC)c3)c(C)s2)(C(=O)OCC)C1c1ccccc1. The van der Waals surface area contributed by atoms with Crippen molar-refractivity contribution in [2.24, 2.45) is 0 Å². The van der Waals surface area contributed by atoms with Crippen LogP contribution in [0, 0.1) is 6.92 Å². The molecule has 3 atom stereocenters. The molecule has 1 aromatic heterocycles. The molecule has 2 N–H and O–H groups in total. The predicted molar refractivity (Wildman–Crippen MR) is 159 cm³/mol. The van der Waals surface area contributed by atoms with Crippen LogP contribution in [0.3, 0.4) is 0 Å². The highest BCUT2D eigenvalue weighted by molar-refractivity contribution is 7.16. The largest absolute Gasteiger partial charge is 0.493 e. The van der Waals surface area contributed by atoms with E-state index in [0.29, 0.717) is 27.9 Å². The molecular weight excluding hydrogens is 542 g/mol. The number of hydrogen-bond acceptors (Lipinski definition) is 10. The van der Waals surface area contributed by atoms with Gasteiger partial charge in [-0.15, -0.1) is 11.3 Å². The number of rotatable bonds is 10. The molecule has 0 radical (unpaired) electrons. The molecule has 3 aromatic rings. The predicted octanol–water partition coefficient (Wildman–Crippen LogP) is 5.46. The zero-order chi connectivity index (χ0) is 29.7. The number of allylic oxidation sites excluding steroid dienone is 1. The Morgan fingerprint density at radius 1 is 1.00 bits per heavy atom. The standard InChI is InChI=1S/C31H37N3O6S/c1-8-39-28(35)25-18(3)32-20(5)31(29(36)40-9-2,26(25)21-13-11-10-12-14-21)34-30-33-27(19(4)41-30)22-15-16-23(37-6)24(17-22)38-7/h10-17,20,26,32H,8-9H2,1-7H3,(H,33,34). The molecule has 10 heteroatoms. The second-order valence-electron chi connectivity index (χ2n) is 9.68. The third-order valence-electron chi connectivity index (χ3n) is 7.27. The Hall–Kier alpha value is -4.05. The van der Waals surface area contributed by atoms with Crippen LogP contribution in [-0.4, -0.2) is 55.9 Å². The molecule has 218 valence electrons. The summed E-state index contributed by atoms with van der Waals surface area (Å²) in [5, 5.41) is 7.35. The van der Waals surface area contributed by atoms with Gasteiger partial charge in [0.1, 0.15) is 0 Å². The van der Waals surface area contributed by atoms with Crippen LogP contribution in [0.25, 0.3) is 11.3 Å². The van der Waals surface area contributed by atoms with E-state index in [1.165, 1.54) is 11.3 Å². The summed E-state index contributed by atoms with van der Waals surface area (Å²) in [7, 11) is 3.18. The van der Waals surface area contributed by atoms with E-state index in [2.05, 4.69) is 10.6 Å². The van der Waals surface area contributed by atoms with Crippen molar-refractivity contribution >= 4 is 28.4 Å². The van der Waals surface area contributed by atoms with Gasteiger partial charge in [-0.05, 0) is 58.4 Å². The maximum Gasteiger partial charge on any atom is 0.336 e. The van der Waals surface area contributed by atoms with Crippen molar-refractivity contribution in [3.63, 3.8) is 0 Å². The summed E-state index contributed by atoms with van der Waals surface area (Å²) in [6.45, 7) is 9.60. The number of nitrogens with zero attached hydrogens (tertiary/aromatic N) is 1. The van der Waals surface area contributed by atoms with E-state index in [9.17, 15) is 9.59 Å². The number of aryl methyl sites for hydroxylation is 1. The number of aromatic nitrogens is 1. The van der Waals surface area contributed by atoms with Gasteiger partial charge in [-0.25, -0.2) is 14.6 Å². The second kappa shape index (κ2) is 12.6. The van der Waals surface area contributed by atoms with E-state index < -0.39 is 29.4 Å². The van der Waals surface area contributed by atoms with Crippen molar-refractivity contribution in [1.82, 2.24) is 10.3 Å². The monoisotopic (exact) mass is 579 g/mol. The van der Waals surface area contributed by atoms with Gasteiger partial charge in [0.2, 0.25) is 0 Å². The molecule has 9 nitrogen and oxygen atoms in total. The van der Waals surface area contributed by atoms with E-state index in [1.807, 2.05) is 69.3 Å². The van der Waals surface area contributed by atoms with Gasteiger partial charge in [-0.1, -0.05) is 30.3 Å². The van der Waals surface area contributed by atoms with Crippen LogP contribution in [-0.2, 0) is 19.1 Å². The van der Waals surface area contributed by atoms with Crippen molar-refractivity contribution in [2.45, 2.75) is 52.1 Å². The molecule has 0 aliphatic carbocycles. The highest BCUT2D eigenvalue weighted by Crippen LogP contribution is 2.46. The fourth-order valence-electron chi connectivity index (χ4n) is 5.42. The van der Waals surface area contributed by atoms with E-state index in [-0.39, 0.29) is 13.2 Å². The Balaban J connectivity index is 1.90. The lowest BCUT2D eigenvalue weighted by Crippen LogP contribution is -2.66. The van der Waals surface area contributed by atoms with Gasteiger partial charge in [-0.3, -0.25) is 0 Å². The number of nitrogens with one attached hydrogen (secondary N) is 2. The fraction of sp³-hybridized carbons (Fsp3) is 0.387. The van der Waals surface area contributed by atoms with Gasteiger partial charge >= 0.3 is 11.9 Å². The highest BCUT2D eigenvalue weighted by Gasteiger charge is 2.58. The molecule has 0 saturated carbocycles. The summed E-state index contributed by atoms with van der Waals surface area (Å²) in [5.41, 5.74) is 1.93. The molecular formula is C31H37N3O6S. The molecule has 0 amide bonds. The number of anilines is 1. The Morgan fingerprint density at radius 3 is 2.32 bits per heavy atom. The zero-order valence-electron chi connectivity index (χ0n) is 24.5. The average Bonchev–Trinajstić information content (AvgIpc) is 3.33. The van der Waals surface area contributed by atoms with Crippen LogP contribution in [0.2, 0.25) is 0 Å². The number of thiazole rings is 1. The van der Waals surface area contributed by atoms with Crippen molar-refractivity contribution < 1.29 is 28.5 Å².